The van der Waals surface area contributed by atoms with E-state index < -0.39 is 6.10 Å². The van der Waals surface area contributed by atoms with Gasteiger partial charge in [-0.25, -0.2) is 0 Å². The lowest BCUT2D eigenvalue weighted by Crippen LogP contribution is -2.30. The van der Waals surface area contributed by atoms with E-state index in [0.29, 0.717) is 19.3 Å². The number of carbonyl (C=O) groups is 3. The summed E-state index contributed by atoms with van der Waals surface area (Å²) in [7, 11) is 0. The zero-order chi connectivity index (χ0) is 45.8. The molecule has 1 unspecified atom stereocenters. The highest BCUT2D eigenvalue weighted by molar-refractivity contribution is 5.71. The molecule has 6 nitrogen and oxygen atoms in total. The van der Waals surface area contributed by atoms with E-state index in [-0.39, 0.29) is 31.1 Å². The predicted octanol–water partition coefficient (Wildman–Crippen LogP) is 17.6. The van der Waals surface area contributed by atoms with Crippen molar-refractivity contribution in [3.63, 3.8) is 0 Å². The highest BCUT2D eigenvalue weighted by Gasteiger charge is 2.19. The molecule has 0 bridgehead atoms. The Bertz CT molecular complexity index is 1150. The first kappa shape index (κ1) is 60.1. The van der Waals surface area contributed by atoms with Crippen molar-refractivity contribution in [2.24, 2.45) is 0 Å². The monoisotopic (exact) mass is 881 g/mol. The first-order chi connectivity index (χ1) is 31.0. The molecule has 0 saturated carbocycles. The maximum atomic E-state index is 12.8. The van der Waals surface area contributed by atoms with Crippen molar-refractivity contribution in [1.29, 1.82) is 0 Å². The van der Waals surface area contributed by atoms with Crippen LogP contribution >= 0.6 is 0 Å². The molecule has 0 aliphatic heterocycles. The van der Waals surface area contributed by atoms with E-state index in [1.165, 1.54) is 116 Å². The van der Waals surface area contributed by atoms with E-state index >= 15 is 0 Å². The Morgan fingerprint density at radius 1 is 0.333 bits per heavy atom. The summed E-state index contributed by atoms with van der Waals surface area (Å²) < 4.78 is 16.8. The number of esters is 3. The average Bonchev–Trinajstić information content (AvgIpc) is 3.28. The number of hydrogen-bond donors (Lipinski definition) is 0. The van der Waals surface area contributed by atoms with Crippen molar-refractivity contribution >= 4 is 17.9 Å². The Hall–Kier alpha value is -2.89. The largest absolute Gasteiger partial charge is 0.462 e. The first-order valence-electron chi connectivity index (χ1n) is 26.8. The molecule has 0 saturated heterocycles. The highest BCUT2D eigenvalue weighted by Crippen LogP contribution is 2.14. The fourth-order valence-corrected chi connectivity index (χ4v) is 7.45. The fraction of sp³-hybridized carbons (Fsp3) is 0.772. The predicted molar refractivity (Wildman–Crippen MR) is 270 cm³/mol. The Morgan fingerprint density at radius 2 is 0.619 bits per heavy atom. The van der Waals surface area contributed by atoms with Gasteiger partial charge in [-0.15, -0.1) is 0 Å². The summed E-state index contributed by atoms with van der Waals surface area (Å²) in [5.74, 6) is -0.933. The molecule has 0 aromatic carbocycles. The molecule has 0 heterocycles. The summed E-state index contributed by atoms with van der Waals surface area (Å²) in [4.78, 5) is 38.0. The lowest BCUT2D eigenvalue weighted by atomic mass is 10.1. The van der Waals surface area contributed by atoms with Crippen LogP contribution in [0.15, 0.2) is 60.8 Å². The van der Waals surface area contributed by atoms with Crippen LogP contribution in [-0.4, -0.2) is 37.2 Å². The van der Waals surface area contributed by atoms with E-state index in [2.05, 4.69) is 81.5 Å². The SMILES string of the molecule is CC/C=C\C/C=C\C/C=C\CCCCCCC(=O)OC(COC(=O)CCCCC/C=C\CCCCCCCC)COC(=O)CCCCCCC/C=C\CCCCCCCCCCC. The van der Waals surface area contributed by atoms with Crippen molar-refractivity contribution in [3.05, 3.63) is 60.8 Å². The van der Waals surface area contributed by atoms with Crippen LogP contribution in [0.4, 0.5) is 0 Å². The smallest absolute Gasteiger partial charge is 0.306 e. The molecule has 0 aliphatic rings. The van der Waals surface area contributed by atoms with Gasteiger partial charge in [-0.1, -0.05) is 204 Å². The minimum atomic E-state index is -0.794. The summed E-state index contributed by atoms with van der Waals surface area (Å²) in [6.45, 7) is 6.49. The molecule has 0 radical (unpaired) electrons. The first-order valence-corrected chi connectivity index (χ1v) is 26.8. The maximum absolute atomic E-state index is 12.8. The summed E-state index contributed by atoms with van der Waals surface area (Å²) in [5, 5.41) is 0. The van der Waals surface area contributed by atoms with Gasteiger partial charge >= 0.3 is 17.9 Å². The summed E-state index contributed by atoms with van der Waals surface area (Å²) in [6.07, 6.45) is 63.5. The van der Waals surface area contributed by atoms with Crippen LogP contribution in [-0.2, 0) is 28.6 Å². The van der Waals surface area contributed by atoms with Crippen LogP contribution in [0.1, 0.15) is 265 Å². The maximum Gasteiger partial charge on any atom is 0.306 e. The number of rotatable bonds is 48. The van der Waals surface area contributed by atoms with Crippen molar-refractivity contribution in [3.8, 4) is 0 Å². The zero-order valence-corrected chi connectivity index (χ0v) is 41.6. The standard InChI is InChI=1S/C57H100O6/c1-4-7-10-13-16-19-22-25-27-28-29-30-33-35-38-41-44-47-50-56(59)62-53-54(52-61-55(58)49-46-43-40-37-34-31-24-21-18-15-12-9-6-3)63-57(60)51-48-45-42-39-36-32-26-23-20-17-14-11-8-5-2/h8,11,17,20,26,29-32,34,54H,4-7,9-10,12-16,18-19,21-25,27-28,33,35-53H2,1-3H3/b11-8-,20-17-,30-29-,32-26-,34-31-. The van der Waals surface area contributed by atoms with Gasteiger partial charge in [-0.2, -0.15) is 0 Å². The molecule has 0 aromatic heterocycles. The van der Waals surface area contributed by atoms with Crippen LogP contribution in [0.2, 0.25) is 0 Å². The molecular formula is C57H100O6. The van der Waals surface area contributed by atoms with E-state index in [0.717, 1.165) is 109 Å². The molecule has 6 heteroatoms. The van der Waals surface area contributed by atoms with Crippen LogP contribution in [0.5, 0.6) is 0 Å². The molecule has 0 amide bonds. The molecule has 0 spiro atoms. The van der Waals surface area contributed by atoms with Crippen LogP contribution in [0, 0.1) is 0 Å². The lowest BCUT2D eigenvalue weighted by Gasteiger charge is -2.18. The molecule has 364 valence electrons. The molecule has 63 heavy (non-hydrogen) atoms. The minimum absolute atomic E-state index is 0.0920. The van der Waals surface area contributed by atoms with Crippen LogP contribution in [0.3, 0.4) is 0 Å². The van der Waals surface area contributed by atoms with Gasteiger partial charge in [0, 0.05) is 19.3 Å². The average molecular weight is 881 g/mol. The van der Waals surface area contributed by atoms with Gasteiger partial charge in [0.05, 0.1) is 0 Å². The van der Waals surface area contributed by atoms with Gasteiger partial charge in [0.15, 0.2) is 6.10 Å². The van der Waals surface area contributed by atoms with Gasteiger partial charge in [-0.05, 0) is 103 Å². The van der Waals surface area contributed by atoms with Gasteiger partial charge in [0.1, 0.15) is 13.2 Å². The second-order valence-corrected chi connectivity index (χ2v) is 17.7. The molecule has 0 N–H and O–H groups in total. The number of hydrogen-bond acceptors (Lipinski definition) is 6. The minimum Gasteiger partial charge on any atom is -0.462 e. The summed E-state index contributed by atoms with van der Waals surface area (Å²) in [5.41, 5.74) is 0. The van der Waals surface area contributed by atoms with E-state index in [1.54, 1.807) is 0 Å². The molecule has 0 aromatic rings. The quantitative estimate of drug-likeness (QED) is 0.0262. The lowest BCUT2D eigenvalue weighted by molar-refractivity contribution is -0.167. The van der Waals surface area contributed by atoms with E-state index in [1.807, 2.05) is 0 Å². The van der Waals surface area contributed by atoms with Gasteiger partial charge in [0.25, 0.3) is 0 Å². The second kappa shape index (κ2) is 51.7. The third-order valence-electron chi connectivity index (χ3n) is 11.5. The van der Waals surface area contributed by atoms with E-state index in [9.17, 15) is 14.4 Å². The van der Waals surface area contributed by atoms with Crippen LogP contribution < -0.4 is 0 Å². The Labute approximate surface area is 390 Å². The van der Waals surface area contributed by atoms with Gasteiger partial charge in [-0.3, -0.25) is 14.4 Å². The summed E-state index contributed by atoms with van der Waals surface area (Å²) in [6, 6.07) is 0. The van der Waals surface area contributed by atoms with Crippen molar-refractivity contribution < 1.29 is 28.6 Å². The fourth-order valence-electron chi connectivity index (χ4n) is 7.45. The molecular weight excluding hydrogens is 781 g/mol. The van der Waals surface area contributed by atoms with Crippen molar-refractivity contribution in [2.45, 2.75) is 271 Å². The Morgan fingerprint density at radius 3 is 1.00 bits per heavy atom. The summed E-state index contributed by atoms with van der Waals surface area (Å²) >= 11 is 0. The van der Waals surface area contributed by atoms with Crippen molar-refractivity contribution in [1.82, 2.24) is 0 Å². The van der Waals surface area contributed by atoms with Gasteiger partial charge < -0.3 is 14.2 Å². The van der Waals surface area contributed by atoms with Crippen molar-refractivity contribution in [2.75, 3.05) is 13.2 Å². The number of allylic oxidation sites excluding steroid dienone is 10. The Balaban J connectivity index is 4.41. The highest BCUT2D eigenvalue weighted by atomic mass is 16.6. The third-order valence-corrected chi connectivity index (χ3v) is 11.5. The topological polar surface area (TPSA) is 78.9 Å². The van der Waals surface area contributed by atoms with E-state index in [4.69, 9.17) is 14.2 Å². The zero-order valence-electron chi connectivity index (χ0n) is 41.6. The van der Waals surface area contributed by atoms with Gasteiger partial charge in [0.2, 0.25) is 0 Å². The normalized spacial score (nSPS) is 12.5. The molecule has 1 atom stereocenters. The number of ether oxygens (including phenoxy) is 3. The number of carbonyl (C=O) groups excluding carboxylic acids is 3. The number of unbranched alkanes of at least 4 members (excludes halogenated alkanes) is 27. The molecule has 0 aliphatic carbocycles. The molecule has 0 rings (SSSR count). The third kappa shape index (κ3) is 50.0. The molecule has 0 fully saturated rings. The van der Waals surface area contributed by atoms with Crippen LogP contribution in [0.25, 0.3) is 0 Å². The second-order valence-electron chi connectivity index (χ2n) is 17.7. The Kier molecular flexibility index (Phi) is 49.4.